The monoisotopic (exact) mass is 489 g/mol. The van der Waals surface area contributed by atoms with Crippen molar-refractivity contribution in [2.24, 2.45) is 0 Å². The summed E-state index contributed by atoms with van der Waals surface area (Å²) < 4.78 is 6.76. The number of amides is 3. The van der Waals surface area contributed by atoms with Gasteiger partial charge in [-0.05, 0) is 59.7 Å². The van der Waals surface area contributed by atoms with E-state index in [1.54, 1.807) is 0 Å². The van der Waals surface area contributed by atoms with Crippen LogP contribution < -0.4 is 20.7 Å². The van der Waals surface area contributed by atoms with Gasteiger partial charge in [0.1, 0.15) is 12.4 Å². The largest absolute Gasteiger partial charge is 0.492 e. The van der Waals surface area contributed by atoms with Crippen LogP contribution in [-0.2, 0) is 4.79 Å². The van der Waals surface area contributed by atoms with Crippen LogP contribution in [0, 0.1) is 3.57 Å². The Morgan fingerprint density at radius 3 is 2.88 bits per heavy atom. The van der Waals surface area contributed by atoms with Crippen LogP contribution in [0.2, 0.25) is 0 Å². The molecule has 3 rings (SSSR count). The number of rotatable bonds is 9. The number of unbranched alkanes of at least 4 members (excludes halogenated alkanes) is 1. The molecule has 3 N–H and O–H groups in total. The highest BCUT2D eigenvalue weighted by Gasteiger charge is 2.42. The fraction of sp³-hybridized carbons (Fsp3) is 0.556. The van der Waals surface area contributed by atoms with Crippen molar-refractivity contribution in [3.8, 4) is 5.75 Å². The van der Waals surface area contributed by atoms with Crippen LogP contribution in [0.4, 0.5) is 4.79 Å². The summed E-state index contributed by atoms with van der Waals surface area (Å²) in [7, 11) is 0. The first-order chi connectivity index (χ1) is 12.6. The van der Waals surface area contributed by atoms with Gasteiger partial charge in [0, 0.05) is 21.0 Å². The Morgan fingerprint density at radius 1 is 1.27 bits per heavy atom. The number of carbonyl (C=O) groups excluding carboxylic acids is 2. The van der Waals surface area contributed by atoms with Gasteiger partial charge in [-0.15, -0.1) is 0 Å². The molecule has 0 spiro atoms. The molecule has 26 heavy (non-hydrogen) atoms. The molecule has 2 saturated heterocycles. The summed E-state index contributed by atoms with van der Waals surface area (Å²) in [6.45, 7) is 0.992. The van der Waals surface area contributed by atoms with E-state index >= 15 is 0 Å². The van der Waals surface area contributed by atoms with E-state index in [1.807, 2.05) is 36.0 Å². The Morgan fingerprint density at radius 2 is 2.08 bits per heavy atom. The molecule has 8 heteroatoms. The van der Waals surface area contributed by atoms with Crippen LogP contribution >= 0.6 is 34.4 Å². The molecule has 1 aromatic rings. The molecule has 2 aliphatic rings. The van der Waals surface area contributed by atoms with Crippen molar-refractivity contribution in [1.29, 1.82) is 0 Å². The zero-order valence-electron chi connectivity index (χ0n) is 14.5. The van der Waals surface area contributed by atoms with E-state index in [2.05, 4.69) is 38.5 Å². The maximum atomic E-state index is 11.9. The third-order valence-electron chi connectivity index (χ3n) is 4.59. The summed E-state index contributed by atoms with van der Waals surface area (Å²) in [4.78, 5) is 23.2. The van der Waals surface area contributed by atoms with Gasteiger partial charge in [-0.1, -0.05) is 6.42 Å². The molecule has 0 aromatic heterocycles. The number of nitrogens with one attached hydrogen (secondary N) is 3. The summed E-state index contributed by atoms with van der Waals surface area (Å²) in [5.74, 6) is 1.87. The lowest BCUT2D eigenvalue weighted by Gasteiger charge is -2.16. The van der Waals surface area contributed by atoms with Crippen molar-refractivity contribution in [3.63, 3.8) is 0 Å². The number of hydrogen-bond acceptors (Lipinski definition) is 4. The predicted molar refractivity (Wildman–Crippen MR) is 112 cm³/mol. The predicted octanol–water partition coefficient (Wildman–Crippen LogP) is 2.51. The second-order valence-electron chi connectivity index (χ2n) is 6.52. The number of fused-ring (bicyclic) bond motifs is 1. The minimum atomic E-state index is -0.0443. The van der Waals surface area contributed by atoms with Crippen molar-refractivity contribution in [2.75, 3.05) is 18.9 Å². The van der Waals surface area contributed by atoms with Crippen molar-refractivity contribution in [2.45, 2.75) is 43.0 Å². The minimum Gasteiger partial charge on any atom is -0.492 e. The number of thioether (sulfide) groups is 1. The van der Waals surface area contributed by atoms with Crippen LogP contribution in [0.5, 0.6) is 5.75 Å². The molecule has 2 aliphatic heterocycles. The molecule has 1 aromatic carbocycles. The van der Waals surface area contributed by atoms with Gasteiger partial charge in [0.15, 0.2) is 0 Å². The summed E-state index contributed by atoms with van der Waals surface area (Å²) in [6.07, 6.45) is 3.46. The van der Waals surface area contributed by atoms with Gasteiger partial charge in [-0.2, -0.15) is 11.8 Å². The fourth-order valence-corrected chi connectivity index (χ4v) is 5.16. The van der Waals surface area contributed by atoms with E-state index in [0.717, 1.165) is 30.8 Å². The molecular formula is C18H24IN3O3S. The first kappa shape index (κ1) is 19.6. The van der Waals surface area contributed by atoms with Gasteiger partial charge < -0.3 is 20.7 Å². The average Bonchev–Trinajstić information content (AvgIpc) is 3.17. The first-order valence-electron chi connectivity index (χ1n) is 8.95. The minimum absolute atomic E-state index is 0.0443. The van der Waals surface area contributed by atoms with Gasteiger partial charge >= 0.3 is 6.03 Å². The lowest BCUT2D eigenvalue weighted by Crippen LogP contribution is -2.36. The van der Waals surface area contributed by atoms with Crippen LogP contribution in [-0.4, -0.2) is 48.2 Å². The third kappa shape index (κ3) is 5.67. The molecule has 2 heterocycles. The molecule has 6 nitrogen and oxygen atoms in total. The molecule has 3 amide bonds. The lowest BCUT2D eigenvalue weighted by atomic mass is 10.0. The molecule has 0 aliphatic carbocycles. The highest BCUT2D eigenvalue weighted by molar-refractivity contribution is 14.1. The van der Waals surface area contributed by atoms with Crippen LogP contribution in [0.15, 0.2) is 24.3 Å². The highest BCUT2D eigenvalue weighted by atomic mass is 127. The van der Waals surface area contributed by atoms with Gasteiger partial charge in [0.25, 0.3) is 0 Å². The first-order valence-corrected chi connectivity index (χ1v) is 11.1. The second kappa shape index (κ2) is 9.68. The highest BCUT2D eigenvalue weighted by Crippen LogP contribution is 2.33. The maximum Gasteiger partial charge on any atom is 0.315 e. The summed E-state index contributed by atoms with van der Waals surface area (Å²) in [5.41, 5.74) is 0. The number of carbonyl (C=O) groups is 2. The van der Waals surface area contributed by atoms with Crippen molar-refractivity contribution in [3.05, 3.63) is 27.8 Å². The number of urea groups is 1. The molecule has 142 valence electrons. The van der Waals surface area contributed by atoms with Gasteiger partial charge in [0.05, 0.1) is 18.6 Å². The Kier molecular flexibility index (Phi) is 7.30. The number of hydrogen-bond donors (Lipinski definition) is 3. The Bertz CT molecular complexity index is 629. The zero-order chi connectivity index (χ0) is 18.4. The molecule has 0 saturated carbocycles. The van der Waals surface area contributed by atoms with E-state index in [1.165, 1.54) is 3.57 Å². The van der Waals surface area contributed by atoms with E-state index in [0.29, 0.717) is 24.8 Å². The average molecular weight is 489 g/mol. The van der Waals surface area contributed by atoms with Gasteiger partial charge in [-0.25, -0.2) is 4.79 Å². The lowest BCUT2D eigenvalue weighted by molar-refractivity contribution is -0.121. The van der Waals surface area contributed by atoms with E-state index in [-0.39, 0.29) is 24.0 Å². The normalized spacial score (nSPS) is 23.9. The second-order valence-corrected chi connectivity index (χ2v) is 9.04. The van der Waals surface area contributed by atoms with Gasteiger partial charge in [-0.3, -0.25) is 4.79 Å². The van der Waals surface area contributed by atoms with Crippen molar-refractivity contribution < 1.29 is 14.3 Å². The van der Waals surface area contributed by atoms with Crippen molar-refractivity contribution >= 4 is 46.3 Å². The molecular weight excluding hydrogens is 465 g/mol. The molecule has 0 bridgehead atoms. The van der Waals surface area contributed by atoms with Crippen LogP contribution in [0.1, 0.15) is 25.7 Å². The van der Waals surface area contributed by atoms with Crippen LogP contribution in [0.3, 0.4) is 0 Å². The Balaban J connectivity index is 1.22. The smallest absolute Gasteiger partial charge is 0.315 e. The molecule has 3 atom stereocenters. The van der Waals surface area contributed by atoms with E-state index in [4.69, 9.17) is 4.74 Å². The standard InChI is InChI=1S/C18H24IN3O3S/c19-12-5-7-13(8-6-12)25-10-9-20-16(23)4-2-1-3-15-17-14(11-26-15)21-18(24)22-17/h5-8,14-15,17H,1-4,9-11H2,(H,20,23)(H2,21,22,24)/t14-,15+,17+/m1/s1. The van der Waals surface area contributed by atoms with Gasteiger partial charge in [0.2, 0.25) is 5.91 Å². The molecule has 0 radical (unpaired) electrons. The fourth-order valence-electron chi connectivity index (χ4n) is 3.25. The number of benzene rings is 1. The zero-order valence-corrected chi connectivity index (χ0v) is 17.5. The number of ether oxygens (including phenoxy) is 1. The quantitative estimate of drug-likeness (QED) is 0.283. The summed E-state index contributed by atoms with van der Waals surface area (Å²) in [6, 6.07) is 8.32. The van der Waals surface area contributed by atoms with Crippen molar-refractivity contribution in [1.82, 2.24) is 16.0 Å². The SMILES string of the molecule is O=C(CCCC[C@@H]1SC[C@H]2NC(=O)N[C@H]12)NCCOc1ccc(I)cc1. The number of halogens is 1. The third-order valence-corrected chi connectivity index (χ3v) is 6.82. The topological polar surface area (TPSA) is 79.5 Å². The van der Waals surface area contributed by atoms with E-state index < -0.39 is 0 Å². The summed E-state index contributed by atoms with van der Waals surface area (Å²) in [5, 5.41) is 9.31. The Labute approximate surface area is 171 Å². The molecule has 2 fully saturated rings. The Hall–Kier alpha value is -1.16. The summed E-state index contributed by atoms with van der Waals surface area (Å²) >= 11 is 4.17. The molecule has 0 unspecified atom stereocenters. The van der Waals surface area contributed by atoms with Crippen LogP contribution in [0.25, 0.3) is 0 Å². The van der Waals surface area contributed by atoms with E-state index in [9.17, 15) is 9.59 Å². The maximum absolute atomic E-state index is 11.9.